The van der Waals surface area contributed by atoms with E-state index < -0.39 is 0 Å². The lowest BCUT2D eigenvalue weighted by molar-refractivity contribution is -0.387. The highest BCUT2D eigenvalue weighted by Crippen LogP contribution is 2.34. The number of rotatable bonds is 6. The molecule has 1 N–H and O–H groups in total. The molecule has 0 spiro atoms. The molecule has 0 amide bonds. The van der Waals surface area contributed by atoms with Crippen molar-refractivity contribution in [2.75, 3.05) is 0 Å². The van der Waals surface area contributed by atoms with Gasteiger partial charge < -0.3 is 5.32 Å². The Labute approximate surface area is 128 Å². The third-order valence-electron chi connectivity index (χ3n) is 2.93. The highest BCUT2D eigenvalue weighted by molar-refractivity contribution is 7.99. The molecule has 4 nitrogen and oxygen atoms in total. The number of nitrogens with one attached hydrogen (secondary N) is 1. The molecule has 5 heteroatoms. The summed E-state index contributed by atoms with van der Waals surface area (Å²) >= 11 is 1.41. The van der Waals surface area contributed by atoms with E-state index in [1.807, 2.05) is 30.3 Å². The standard InChI is InChI=1S/C16H18N2O2S/c1-12(2)17-11-13-7-9-14(10-8-13)21-16-6-4-3-5-15(16)18(19)20/h3-10,12,17H,11H2,1-2H3. The average Bonchev–Trinajstić information content (AvgIpc) is 2.47. The van der Waals surface area contributed by atoms with E-state index in [1.54, 1.807) is 12.1 Å². The summed E-state index contributed by atoms with van der Waals surface area (Å²) in [4.78, 5) is 12.3. The van der Waals surface area contributed by atoms with Crippen LogP contribution >= 0.6 is 11.8 Å². The smallest absolute Gasteiger partial charge is 0.283 e. The van der Waals surface area contributed by atoms with Gasteiger partial charge in [0.05, 0.1) is 9.82 Å². The summed E-state index contributed by atoms with van der Waals surface area (Å²) in [5.41, 5.74) is 1.35. The molecule has 0 saturated carbocycles. The Hall–Kier alpha value is -1.85. The first-order valence-electron chi connectivity index (χ1n) is 6.80. The van der Waals surface area contributed by atoms with Gasteiger partial charge >= 0.3 is 0 Å². The van der Waals surface area contributed by atoms with E-state index in [9.17, 15) is 10.1 Å². The summed E-state index contributed by atoms with van der Waals surface area (Å²) in [6, 6.07) is 15.3. The predicted octanol–water partition coefficient (Wildman–Crippen LogP) is 4.24. The molecule has 0 aliphatic heterocycles. The molecule has 0 radical (unpaired) electrons. The maximum absolute atomic E-state index is 11.0. The van der Waals surface area contributed by atoms with Crippen molar-refractivity contribution in [2.24, 2.45) is 0 Å². The van der Waals surface area contributed by atoms with Crippen molar-refractivity contribution in [3.63, 3.8) is 0 Å². The lowest BCUT2D eigenvalue weighted by Crippen LogP contribution is -2.21. The first-order valence-corrected chi connectivity index (χ1v) is 7.61. The second kappa shape index (κ2) is 7.24. The van der Waals surface area contributed by atoms with Crippen LogP contribution in [0, 0.1) is 10.1 Å². The minimum atomic E-state index is -0.344. The number of hydrogen-bond acceptors (Lipinski definition) is 4. The Bertz CT molecular complexity index is 612. The average molecular weight is 302 g/mol. The Morgan fingerprint density at radius 3 is 2.43 bits per heavy atom. The summed E-state index contributed by atoms with van der Waals surface area (Å²) in [6.07, 6.45) is 0. The Balaban J connectivity index is 2.09. The third kappa shape index (κ3) is 4.58. The van der Waals surface area contributed by atoms with Crippen LogP contribution < -0.4 is 5.32 Å². The van der Waals surface area contributed by atoms with E-state index in [-0.39, 0.29) is 10.6 Å². The minimum absolute atomic E-state index is 0.146. The van der Waals surface area contributed by atoms with E-state index in [2.05, 4.69) is 19.2 Å². The van der Waals surface area contributed by atoms with Crippen molar-refractivity contribution < 1.29 is 4.92 Å². The van der Waals surface area contributed by atoms with Gasteiger partial charge in [0, 0.05) is 23.5 Å². The third-order valence-corrected chi connectivity index (χ3v) is 4.00. The molecule has 2 aromatic carbocycles. The number of hydrogen-bond donors (Lipinski definition) is 1. The summed E-state index contributed by atoms with van der Waals surface area (Å²) in [6.45, 7) is 5.05. The van der Waals surface area contributed by atoms with Gasteiger partial charge in [-0.15, -0.1) is 0 Å². The molecule has 110 valence electrons. The summed E-state index contributed by atoms with van der Waals surface area (Å²) in [7, 11) is 0. The Morgan fingerprint density at radius 2 is 1.81 bits per heavy atom. The van der Waals surface area contributed by atoms with Crippen LogP contribution in [0.15, 0.2) is 58.3 Å². The van der Waals surface area contributed by atoms with Gasteiger partial charge in [0.25, 0.3) is 5.69 Å². The van der Waals surface area contributed by atoms with E-state index >= 15 is 0 Å². The minimum Gasteiger partial charge on any atom is -0.310 e. The maximum atomic E-state index is 11.0. The van der Waals surface area contributed by atoms with Crippen molar-refractivity contribution >= 4 is 17.4 Å². The fraction of sp³-hybridized carbons (Fsp3) is 0.250. The first kappa shape index (κ1) is 15.5. The number of para-hydroxylation sites is 1. The van der Waals surface area contributed by atoms with Gasteiger partial charge in [0.2, 0.25) is 0 Å². The quantitative estimate of drug-likeness (QED) is 0.640. The lowest BCUT2D eigenvalue weighted by atomic mass is 10.2. The molecular formula is C16H18N2O2S. The van der Waals surface area contributed by atoms with Crippen LogP contribution in [0.3, 0.4) is 0 Å². The van der Waals surface area contributed by atoms with Gasteiger partial charge in [-0.3, -0.25) is 10.1 Å². The van der Waals surface area contributed by atoms with Gasteiger partial charge in [0.15, 0.2) is 0 Å². The molecule has 0 fully saturated rings. The van der Waals surface area contributed by atoms with Gasteiger partial charge in [-0.25, -0.2) is 0 Å². The highest BCUT2D eigenvalue weighted by Gasteiger charge is 2.13. The van der Waals surface area contributed by atoms with Gasteiger partial charge in [-0.1, -0.05) is 49.9 Å². The molecule has 0 aliphatic rings. The van der Waals surface area contributed by atoms with Crippen molar-refractivity contribution in [3.05, 3.63) is 64.2 Å². The fourth-order valence-corrected chi connectivity index (χ4v) is 2.74. The predicted molar refractivity (Wildman–Crippen MR) is 85.6 cm³/mol. The molecule has 2 aromatic rings. The number of nitro benzene ring substituents is 1. The van der Waals surface area contributed by atoms with Crippen LogP contribution in [0.4, 0.5) is 5.69 Å². The van der Waals surface area contributed by atoms with E-state index in [0.717, 1.165) is 11.4 Å². The van der Waals surface area contributed by atoms with Crippen molar-refractivity contribution in [2.45, 2.75) is 36.2 Å². The second-order valence-electron chi connectivity index (χ2n) is 5.01. The van der Waals surface area contributed by atoms with Crippen LogP contribution in [0.5, 0.6) is 0 Å². The first-order chi connectivity index (χ1) is 10.1. The largest absolute Gasteiger partial charge is 0.310 e. The van der Waals surface area contributed by atoms with E-state index in [4.69, 9.17) is 0 Å². The molecular weight excluding hydrogens is 284 g/mol. The van der Waals surface area contributed by atoms with Crippen LogP contribution in [0.1, 0.15) is 19.4 Å². The summed E-state index contributed by atoms with van der Waals surface area (Å²) < 4.78 is 0. The maximum Gasteiger partial charge on any atom is 0.283 e. The monoisotopic (exact) mass is 302 g/mol. The van der Waals surface area contributed by atoms with Crippen LogP contribution in [-0.2, 0) is 6.54 Å². The van der Waals surface area contributed by atoms with Crippen molar-refractivity contribution in [1.82, 2.24) is 5.32 Å². The summed E-state index contributed by atoms with van der Waals surface area (Å²) in [5, 5.41) is 14.4. The number of nitro groups is 1. The van der Waals surface area contributed by atoms with Crippen molar-refractivity contribution in [3.8, 4) is 0 Å². The topological polar surface area (TPSA) is 55.2 Å². The van der Waals surface area contributed by atoms with Gasteiger partial charge in [-0.05, 0) is 23.8 Å². The lowest BCUT2D eigenvalue weighted by Gasteiger charge is -2.08. The molecule has 0 saturated heterocycles. The molecule has 0 heterocycles. The zero-order chi connectivity index (χ0) is 15.2. The molecule has 0 aromatic heterocycles. The van der Waals surface area contributed by atoms with Crippen LogP contribution in [0.2, 0.25) is 0 Å². The summed E-state index contributed by atoms with van der Waals surface area (Å²) in [5.74, 6) is 0. The number of benzene rings is 2. The van der Waals surface area contributed by atoms with E-state index in [1.165, 1.54) is 23.4 Å². The highest BCUT2D eigenvalue weighted by atomic mass is 32.2. The van der Waals surface area contributed by atoms with E-state index in [0.29, 0.717) is 10.9 Å². The fourth-order valence-electron chi connectivity index (χ4n) is 1.82. The van der Waals surface area contributed by atoms with Crippen LogP contribution in [0.25, 0.3) is 0 Å². The molecule has 0 atom stereocenters. The molecule has 0 unspecified atom stereocenters. The molecule has 0 aliphatic carbocycles. The number of nitrogens with zero attached hydrogens (tertiary/aromatic N) is 1. The molecule has 2 rings (SSSR count). The van der Waals surface area contributed by atoms with Gasteiger partial charge in [0.1, 0.15) is 0 Å². The SMILES string of the molecule is CC(C)NCc1ccc(Sc2ccccc2[N+](=O)[O-])cc1. The van der Waals surface area contributed by atoms with Crippen LogP contribution in [-0.4, -0.2) is 11.0 Å². The zero-order valence-electron chi connectivity index (χ0n) is 12.1. The van der Waals surface area contributed by atoms with Gasteiger partial charge in [-0.2, -0.15) is 0 Å². The normalized spacial score (nSPS) is 10.8. The second-order valence-corrected chi connectivity index (χ2v) is 6.12. The zero-order valence-corrected chi connectivity index (χ0v) is 12.9. The van der Waals surface area contributed by atoms with Crippen molar-refractivity contribution in [1.29, 1.82) is 0 Å². The molecule has 0 bridgehead atoms. The Morgan fingerprint density at radius 1 is 1.14 bits per heavy atom. The Kier molecular flexibility index (Phi) is 5.36. The molecule has 21 heavy (non-hydrogen) atoms.